The number of benzene rings is 3. The molecule has 7 heteroatoms. The average Bonchev–Trinajstić information content (AvgIpc) is 3.10. The number of rotatable bonds is 4. The number of hydrogen-bond donors (Lipinski definition) is 1. The third kappa shape index (κ3) is 3.33. The van der Waals surface area contributed by atoms with Gasteiger partial charge in [0.05, 0.1) is 5.69 Å². The summed E-state index contributed by atoms with van der Waals surface area (Å²) in [6.07, 6.45) is 0. The van der Waals surface area contributed by atoms with E-state index in [1.54, 1.807) is 42.5 Å². The molecule has 0 saturated carbocycles. The van der Waals surface area contributed by atoms with E-state index >= 15 is 0 Å². The standard InChI is InChI=1S/C21H15ClN2O3S/c22-18-14-8-7-13-17(18)19-20(15-9-3-1-4-10-15)23-24(28(25,26)27)21(19)16-11-5-2-6-12-16/h1-14H,(H,25,26,27). The zero-order valence-electron chi connectivity index (χ0n) is 14.5. The lowest BCUT2D eigenvalue weighted by molar-refractivity contribution is 0.466. The summed E-state index contributed by atoms with van der Waals surface area (Å²) in [5, 5.41) is 4.72. The summed E-state index contributed by atoms with van der Waals surface area (Å²) in [4.78, 5) is 0. The molecule has 1 heterocycles. The number of hydrogen-bond acceptors (Lipinski definition) is 3. The van der Waals surface area contributed by atoms with Crippen LogP contribution in [0.15, 0.2) is 84.9 Å². The number of halogens is 1. The Labute approximate surface area is 167 Å². The van der Waals surface area contributed by atoms with Crippen LogP contribution in [-0.4, -0.2) is 22.2 Å². The molecule has 0 radical (unpaired) electrons. The molecule has 1 aromatic heterocycles. The summed E-state index contributed by atoms with van der Waals surface area (Å²) in [5.74, 6) is 0. The lowest BCUT2D eigenvalue weighted by atomic mass is 9.96. The van der Waals surface area contributed by atoms with Gasteiger partial charge in [-0.05, 0) is 6.07 Å². The van der Waals surface area contributed by atoms with Gasteiger partial charge in [-0.2, -0.15) is 13.5 Å². The predicted octanol–water partition coefficient (Wildman–Crippen LogP) is 5.19. The van der Waals surface area contributed by atoms with E-state index in [1.165, 1.54) is 0 Å². The monoisotopic (exact) mass is 410 g/mol. The summed E-state index contributed by atoms with van der Waals surface area (Å²) in [7, 11) is -4.65. The van der Waals surface area contributed by atoms with Crippen LogP contribution < -0.4 is 0 Å². The highest BCUT2D eigenvalue weighted by molar-refractivity contribution is 7.84. The van der Waals surface area contributed by atoms with Gasteiger partial charge in [0.1, 0.15) is 5.69 Å². The Morgan fingerprint density at radius 1 is 0.786 bits per heavy atom. The molecule has 0 aliphatic rings. The Bertz CT molecular complexity index is 1240. The van der Waals surface area contributed by atoms with E-state index in [2.05, 4.69) is 5.10 Å². The molecule has 0 bridgehead atoms. The van der Waals surface area contributed by atoms with Gasteiger partial charge in [-0.3, -0.25) is 4.55 Å². The minimum Gasteiger partial charge on any atom is -0.268 e. The molecule has 0 spiro atoms. The molecule has 0 fully saturated rings. The molecule has 140 valence electrons. The third-order valence-corrected chi connectivity index (χ3v) is 5.34. The van der Waals surface area contributed by atoms with E-state index in [0.717, 1.165) is 0 Å². The predicted molar refractivity (Wildman–Crippen MR) is 110 cm³/mol. The first-order valence-electron chi connectivity index (χ1n) is 8.43. The molecule has 4 aromatic rings. The maximum atomic E-state index is 12.2. The van der Waals surface area contributed by atoms with Crippen LogP contribution in [0.1, 0.15) is 0 Å². The molecule has 0 aliphatic heterocycles. The van der Waals surface area contributed by atoms with Crippen LogP contribution in [0.2, 0.25) is 5.02 Å². The van der Waals surface area contributed by atoms with Gasteiger partial charge < -0.3 is 0 Å². The molecule has 28 heavy (non-hydrogen) atoms. The Morgan fingerprint density at radius 3 is 1.89 bits per heavy atom. The van der Waals surface area contributed by atoms with E-state index in [-0.39, 0.29) is 5.69 Å². The van der Waals surface area contributed by atoms with Crippen LogP contribution in [0.4, 0.5) is 0 Å². The van der Waals surface area contributed by atoms with E-state index in [1.807, 2.05) is 42.5 Å². The second kappa shape index (κ2) is 7.24. The van der Waals surface area contributed by atoms with Crippen molar-refractivity contribution < 1.29 is 13.0 Å². The highest BCUT2D eigenvalue weighted by atomic mass is 35.5. The van der Waals surface area contributed by atoms with Crippen LogP contribution >= 0.6 is 11.6 Å². The lowest BCUT2D eigenvalue weighted by Gasteiger charge is -2.10. The Kier molecular flexibility index (Phi) is 4.77. The Morgan fingerprint density at radius 2 is 1.32 bits per heavy atom. The van der Waals surface area contributed by atoms with Gasteiger partial charge in [0, 0.05) is 27.3 Å². The van der Waals surface area contributed by atoms with Gasteiger partial charge in [0.25, 0.3) is 0 Å². The molecular weight excluding hydrogens is 396 g/mol. The van der Waals surface area contributed by atoms with E-state index < -0.39 is 10.3 Å². The van der Waals surface area contributed by atoms with Crippen molar-refractivity contribution in [1.82, 2.24) is 9.19 Å². The number of nitrogens with zero attached hydrogens (tertiary/aromatic N) is 2. The smallest absolute Gasteiger partial charge is 0.268 e. The quantitative estimate of drug-likeness (QED) is 0.470. The SMILES string of the molecule is O=S(=O)(O)n1nc(-c2ccccc2)c(-c2ccccc2Cl)c1-c1ccccc1. The molecule has 3 aromatic carbocycles. The zero-order chi connectivity index (χ0) is 19.7. The Balaban J connectivity index is 2.17. The fraction of sp³-hybridized carbons (Fsp3) is 0. The second-order valence-electron chi connectivity index (χ2n) is 6.10. The first-order valence-corrected chi connectivity index (χ1v) is 10.2. The first kappa shape index (κ1) is 18.4. The summed E-state index contributed by atoms with van der Waals surface area (Å²) in [6.45, 7) is 0. The highest BCUT2D eigenvalue weighted by Gasteiger charge is 2.27. The fourth-order valence-electron chi connectivity index (χ4n) is 3.13. The topological polar surface area (TPSA) is 72.2 Å². The van der Waals surface area contributed by atoms with E-state index in [9.17, 15) is 13.0 Å². The van der Waals surface area contributed by atoms with Crippen molar-refractivity contribution in [3.8, 4) is 33.6 Å². The van der Waals surface area contributed by atoms with E-state index in [0.29, 0.717) is 37.1 Å². The van der Waals surface area contributed by atoms with Gasteiger partial charge in [-0.1, -0.05) is 90.5 Å². The third-order valence-electron chi connectivity index (χ3n) is 4.31. The highest BCUT2D eigenvalue weighted by Crippen LogP contribution is 2.42. The maximum Gasteiger partial charge on any atom is 0.379 e. The van der Waals surface area contributed by atoms with Crippen LogP contribution in [0.25, 0.3) is 33.6 Å². The summed E-state index contributed by atoms with van der Waals surface area (Å²) in [6, 6.07) is 25.2. The minimum atomic E-state index is -4.65. The molecule has 1 N–H and O–H groups in total. The number of aromatic nitrogens is 2. The largest absolute Gasteiger partial charge is 0.379 e. The van der Waals surface area contributed by atoms with Gasteiger partial charge in [-0.15, -0.1) is 4.09 Å². The molecule has 0 aliphatic carbocycles. The van der Waals surface area contributed by atoms with Crippen molar-refractivity contribution in [1.29, 1.82) is 0 Å². The van der Waals surface area contributed by atoms with Gasteiger partial charge in [0.15, 0.2) is 0 Å². The molecule has 0 saturated heterocycles. The van der Waals surface area contributed by atoms with Crippen LogP contribution in [0.3, 0.4) is 0 Å². The van der Waals surface area contributed by atoms with Gasteiger partial charge in [0.2, 0.25) is 0 Å². The van der Waals surface area contributed by atoms with Crippen LogP contribution in [0.5, 0.6) is 0 Å². The average molecular weight is 411 g/mol. The molecule has 5 nitrogen and oxygen atoms in total. The summed E-state index contributed by atoms with van der Waals surface area (Å²) in [5.41, 5.74) is 3.10. The maximum absolute atomic E-state index is 12.2. The van der Waals surface area contributed by atoms with Gasteiger partial charge in [-0.25, -0.2) is 0 Å². The van der Waals surface area contributed by atoms with Crippen molar-refractivity contribution in [3.05, 3.63) is 90.0 Å². The van der Waals surface area contributed by atoms with Crippen molar-refractivity contribution in [2.45, 2.75) is 0 Å². The molecule has 0 amide bonds. The van der Waals surface area contributed by atoms with Gasteiger partial charge >= 0.3 is 10.3 Å². The van der Waals surface area contributed by atoms with Crippen LogP contribution in [0, 0.1) is 0 Å². The summed E-state index contributed by atoms with van der Waals surface area (Å²) >= 11 is 6.45. The van der Waals surface area contributed by atoms with Crippen molar-refractivity contribution in [2.24, 2.45) is 0 Å². The van der Waals surface area contributed by atoms with Crippen molar-refractivity contribution >= 4 is 21.9 Å². The lowest BCUT2D eigenvalue weighted by Crippen LogP contribution is -2.14. The first-order chi connectivity index (χ1) is 13.5. The normalized spacial score (nSPS) is 11.5. The summed E-state index contributed by atoms with van der Waals surface area (Å²) < 4.78 is 34.9. The second-order valence-corrected chi connectivity index (χ2v) is 7.75. The fourth-order valence-corrected chi connectivity index (χ4v) is 3.98. The molecule has 4 rings (SSSR count). The van der Waals surface area contributed by atoms with Crippen molar-refractivity contribution in [2.75, 3.05) is 0 Å². The molecule has 0 unspecified atom stereocenters. The molecular formula is C21H15ClN2O3S. The van der Waals surface area contributed by atoms with Crippen LogP contribution in [-0.2, 0) is 10.3 Å². The minimum absolute atomic E-state index is 0.245. The molecule has 0 atom stereocenters. The van der Waals surface area contributed by atoms with E-state index in [4.69, 9.17) is 11.6 Å². The zero-order valence-corrected chi connectivity index (χ0v) is 16.1. The Hall–Kier alpha value is -2.93. The van der Waals surface area contributed by atoms with Crippen molar-refractivity contribution in [3.63, 3.8) is 0 Å².